The van der Waals surface area contributed by atoms with Gasteiger partial charge < -0.3 is 4.72 Å². The Kier molecular flexibility index (Phi) is 5.02. The number of rotatable bonds is 4. The van der Waals surface area contributed by atoms with E-state index in [1.807, 2.05) is 12.1 Å². The molecule has 0 fully saturated rings. The molecule has 0 amide bonds. The fourth-order valence-corrected chi connectivity index (χ4v) is 2.35. The van der Waals surface area contributed by atoms with Crippen LogP contribution in [0.15, 0.2) is 53.9 Å². The summed E-state index contributed by atoms with van der Waals surface area (Å²) in [5, 5.41) is 2.91. The Bertz CT molecular complexity index is 594. The van der Waals surface area contributed by atoms with Gasteiger partial charge in [0.1, 0.15) is 11.0 Å². The molecule has 98 valence electrons. The van der Waals surface area contributed by atoms with E-state index in [1.165, 1.54) is 0 Å². The first-order chi connectivity index (χ1) is 9.13. The lowest BCUT2D eigenvalue weighted by atomic mass is 10.2. The summed E-state index contributed by atoms with van der Waals surface area (Å²) < 4.78 is 14.6. The van der Waals surface area contributed by atoms with Crippen LogP contribution in [0.25, 0.3) is 6.08 Å². The first-order valence-electron chi connectivity index (χ1n) is 5.50. The van der Waals surface area contributed by atoms with Crippen LogP contribution in [0.2, 0.25) is 10.0 Å². The highest BCUT2D eigenvalue weighted by Gasteiger charge is 1.96. The number of benzene rings is 2. The fourth-order valence-electron chi connectivity index (χ4n) is 1.38. The molecule has 5 heteroatoms. The second-order valence-electron chi connectivity index (χ2n) is 3.76. The molecule has 0 saturated carbocycles. The predicted molar refractivity (Wildman–Crippen MR) is 83.7 cm³/mol. The summed E-state index contributed by atoms with van der Waals surface area (Å²) in [4.78, 5) is 0. The molecule has 0 radical (unpaired) electrons. The Morgan fingerprint density at radius 3 is 2.00 bits per heavy atom. The van der Waals surface area contributed by atoms with E-state index in [0.717, 1.165) is 11.3 Å². The minimum Gasteiger partial charge on any atom is -0.302 e. The van der Waals surface area contributed by atoms with Gasteiger partial charge in [-0.3, -0.25) is 0 Å². The smallest absolute Gasteiger partial charge is 0.142 e. The van der Waals surface area contributed by atoms with Gasteiger partial charge in [0.05, 0.1) is 0 Å². The Balaban J connectivity index is 1.97. The van der Waals surface area contributed by atoms with Crippen LogP contribution in [-0.2, 0) is 11.0 Å². The molecule has 2 aromatic rings. The third-order valence-electron chi connectivity index (χ3n) is 2.32. The number of hydrogen-bond donors (Lipinski definition) is 1. The van der Waals surface area contributed by atoms with Gasteiger partial charge in [-0.15, -0.1) is 0 Å². The first kappa shape index (κ1) is 14.1. The van der Waals surface area contributed by atoms with Crippen molar-refractivity contribution in [1.29, 1.82) is 0 Å². The standard InChI is InChI=1S/C14H11Cl2NOS/c15-12-3-1-11(2-4-12)9-10-19(18)17-14-7-5-13(16)6-8-14/h1-10,17H/b10-9+. The third kappa shape index (κ3) is 4.71. The van der Waals surface area contributed by atoms with Crippen molar-refractivity contribution < 1.29 is 4.21 Å². The van der Waals surface area contributed by atoms with Gasteiger partial charge in [-0.05, 0) is 48.0 Å². The summed E-state index contributed by atoms with van der Waals surface area (Å²) >= 11 is 11.6. The monoisotopic (exact) mass is 311 g/mol. The zero-order valence-electron chi connectivity index (χ0n) is 9.85. The molecule has 0 aliphatic heterocycles. The normalized spacial score (nSPS) is 12.5. The van der Waals surface area contributed by atoms with Gasteiger partial charge in [-0.1, -0.05) is 35.3 Å². The van der Waals surface area contributed by atoms with E-state index in [1.54, 1.807) is 47.9 Å². The Morgan fingerprint density at radius 1 is 0.895 bits per heavy atom. The van der Waals surface area contributed by atoms with Crippen LogP contribution < -0.4 is 4.72 Å². The molecule has 2 aromatic carbocycles. The van der Waals surface area contributed by atoms with E-state index in [9.17, 15) is 4.21 Å². The first-order valence-corrected chi connectivity index (χ1v) is 7.47. The van der Waals surface area contributed by atoms with Gasteiger partial charge in [-0.25, -0.2) is 4.21 Å². The quantitative estimate of drug-likeness (QED) is 0.868. The zero-order chi connectivity index (χ0) is 13.7. The molecule has 1 atom stereocenters. The van der Waals surface area contributed by atoms with Crippen molar-refractivity contribution in [3.63, 3.8) is 0 Å². The molecule has 2 nitrogen and oxygen atoms in total. The maximum Gasteiger partial charge on any atom is 0.142 e. The van der Waals surface area contributed by atoms with Crippen LogP contribution in [-0.4, -0.2) is 4.21 Å². The highest BCUT2D eigenvalue weighted by atomic mass is 35.5. The summed E-state index contributed by atoms with van der Waals surface area (Å²) in [6.45, 7) is 0. The Labute approximate surface area is 124 Å². The van der Waals surface area contributed by atoms with Crippen molar-refractivity contribution in [2.45, 2.75) is 0 Å². The molecule has 19 heavy (non-hydrogen) atoms. The van der Waals surface area contributed by atoms with Crippen LogP contribution >= 0.6 is 23.2 Å². The topological polar surface area (TPSA) is 29.1 Å². The van der Waals surface area contributed by atoms with E-state index >= 15 is 0 Å². The molecule has 0 saturated heterocycles. The highest BCUT2D eigenvalue weighted by molar-refractivity contribution is 7.89. The number of nitrogens with one attached hydrogen (secondary N) is 1. The molecule has 0 aliphatic carbocycles. The average Bonchev–Trinajstić information content (AvgIpc) is 2.41. The summed E-state index contributed by atoms with van der Waals surface area (Å²) in [5.74, 6) is 0. The lowest BCUT2D eigenvalue weighted by Gasteiger charge is -2.02. The number of halogens is 2. The minimum atomic E-state index is -1.29. The van der Waals surface area contributed by atoms with E-state index < -0.39 is 11.0 Å². The Hall–Kier alpha value is -1.29. The predicted octanol–water partition coefficient (Wildman–Crippen LogP) is 4.74. The van der Waals surface area contributed by atoms with Crippen LogP contribution in [0.3, 0.4) is 0 Å². The van der Waals surface area contributed by atoms with E-state index in [4.69, 9.17) is 23.2 Å². The van der Waals surface area contributed by atoms with Crippen LogP contribution in [0.4, 0.5) is 5.69 Å². The molecule has 0 heterocycles. The molecule has 2 rings (SSSR count). The number of anilines is 1. The van der Waals surface area contributed by atoms with Crippen LogP contribution in [0, 0.1) is 0 Å². The van der Waals surface area contributed by atoms with Gasteiger partial charge in [-0.2, -0.15) is 0 Å². The second-order valence-corrected chi connectivity index (χ2v) is 5.70. The molecule has 1 N–H and O–H groups in total. The molecular weight excluding hydrogens is 301 g/mol. The minimum absolute atomic E-state index is 0.646. The highest BCUT2D eigenvalue weighted by Crippen LogP contribution is 2.15. The Morgan fingerprint density at radius 2 is 1.42 bits per heavy atom. The van der Waals surface area contributed by atoms with Gasteiger partial charge in [0.25, 0.3) is 0 Å². The van der Waals surface area contributed by atoms with Crippen LogP contribution in [0.5, 0.6) is 0 Å². The molecule has 0 aliphatic rings. The van der Waals surface area contributed by atoms with Crippen molar-refractivity contribution in [2.75, 3.05) is 4.72 Å². The fraction of sp³-hybridized carbons (Fsp3) is 0. The maximum atomic E-state index is 11.8. The SMILES string of the molecule is O=S(/C=C/c1ccc(Cl)cc1)Nc1ccc(Cl)cc1. The third-order valence-corrected chi connectivity index (χ3v) is 3.64. The van der Waals surface area contributed by atoms with Crippen molar-refractivity contribution in [3.05, 3.63) is 69.5 Å². The van der Waals surface area contributed by atoms with Crippen molar-refractivity contribution in [3.8, 4) is 0 Å². The average molecular weight is 312 g/mol. The molecule has 0 spiro atoms. The number of hydrogen-bond acceptors (Lipinski definition) is 1. The molecular formula is C14H11Cl2NOS. The van der Waals surface area contributed by atoms with Gasteiger partial charge in [0.2, 0.25) is 0 Å². The molecule has 1 unspecified atom stereocenters. The summed E-state index contributed by atoms with van der Waals surface area (Å²) in [5.41, 5.74) is 1.69. The largest absolute Gasteiger partial charge is 0.302 e. The lowest BCUT2D eigenvalue weighted by Crippen LogP contribution is -1.99. The summed E-state index contributed by atoms with van der Waals surface area (Å²) in [6.07, 6.45) is 1.77. The molecule has 0 aromatic heterocycles. The second kappa shape index (κ2) is 6.75. The van der Waals surface area contributed by atoms with Gasteiger partial charge in [0.15, 0.2) is 0 Å². The summed E-state index contributed by atoms with van der Waals surface area (Å²) in [6, 6.07) is 14.3. The van der Waals surface area contributed by atoms with E-state index in [-0.39, 0.29) is 0 Å². The lowest BCUT2D eigenvalue weighted by molar-refractivity contribution is 0.691. The van der Waals surface area contributed by atoms with Crippen molar-refractivity contribution in [2.24, 2.45) is 0 Å². The van der Waals surface area contributed by atoms with Gasteiger partial charge >= 0.3 is 0 Å². The zero-order valence-corrected chi connectivity index (χ0v) is 12.2. The molecule has 0 bridgehead atoms. The van der Waals surface area contributed by atoms with Gasteiger partial charge in [0, 0.05) is 21.1 Å². The van der Waals surface area contributed by atoms with Crippen molar-refractivity contribution in [1.82, 2.24) is 0 Å². The van der Waals surface area contributed by atoms with Crippen molar-refractivity contribution >= 4 is 46.0 Å². The van der Waals surface area contributed by atoms with E-state index in [0.29, 0.717) is 10.0 Å². The maximum absolute atomic E-state index is 11.8. The van der Waals surface area contributed by atoms with Crippen LogP contribution in [0.1, 0.15) is 5.56 Å². The van der Waals surface area contributed by atoms with E-state index in [2.05, 4.69) is 4.72 Å². The summed E-state index contributed by atoms with van der Waals surface area (Å²) in [7, 11) is -1.29.